The van der Waals surface area contributed by atoms with Crippen molar-refractivity contribution < 1.29 is 17.2 Å². The monoisotopic (exact) mass is 401 g/mol. The lowest BCUT2D eigenvalue weighted by molar-refractivity contribution is 0.537. The lowest BCUT2D eigenvalue weighted by atomic mass is 10.1. The summed E-state index contributed by atoms with van der Waals surface area (Å²) in [6.45, 7) is 0. The van der Waals surface area contributed by atoms with E-state index in [9.17, 15) is 17.2 Å². The van der Waals surface area contributed by atoms with Crippen molar-refractivity contribution in [2.24, 2.45) is 0 Å². The quantitative estimate of drug-likeness (QED) is 0.617. The molecule has 0 aliphatic heterocycles. The van der Waals surface area contributed by atoms with Crippen LogP contribution in [0.1, 0.15) is 0 Å². The van der Waals surface area contributed by atoms with Gasteiger partial charge in [0.25, 0.3) is 10.0 Å². The van der Waals surface area contributed by atoms with Gasteiger partial charge < -0.3 is 9.87 Å². The number of rotatable bonds is 6. The Morgan fingerprint density at radius 3 is 1.74 bits per heavy atom. The van der Waals surface area contributed by atoms with E-state index in [0.29, 0.717) is 5.69 Å². The van der Waals surface area contributed by atoms with E-state index in [1.165, 1.54) is 24.3 Å². The highest BCUT2D eigenvalue weighted by molar-refractivity contribution is 7.92. The number of sulfonamides is 1. The number of anilines is 2. The Morgan fingerprint density at radius 1 is 0.778 bits per heavy atom. The molecule has 1 atom stereocenters. The van der Waals surface area contributed by atoms with Gasteiger partial charge in [0.15, 0.2) is 0 Å². The fraction of sp³-hybridized carbons (Fsp3) is 0.0526. The highest BCUT2D eigenvalue weighted by atomic mass is 32.2. The van der Waals surface area contributed by atoms with Crippen LogP contribution in [0.15, 0.2) is 82.6 Å². The summed E-state index contributed by atoms with van der Waals surface area (Å²) in [7, 11) is -1.92. The van der Waals surface area contributed by atoms with Crippen molar-refractivity contribution in [3.8, 4) is 11.1 Å². The normalized spacial score (nSPS) is 12.4. The van der Waals surface area contributed by atoms with Crippen LogP contribution in [0, 0.1) is 0 Å². The predicted octanol–water partition coefficient (Wildman–Crippen LogP) is 3.43. The first-order valence-corrected chi connectivity index (χ1v) is 10.6. The Kier molecular flexibility index (Phi) is 5.59. The third kappa shape index (κ3) is 4.54. The molecule has 0 bridgehead atoms. The van der Waals surface area contributed by atoms with Crippen LogP contribution < -0.4 is 10.0 Å². The first kappa shape index (κ1) is 19.1. The van der Waals surface area contributed by atoms with Crippen LogP contribution in [0.2, 0.25) is 0 Å². The Hall–Kier alpha value is -2.68. The average Bonchev–Trinajstić information content (AvgIpc) is 2.68. The highest BCUT2D eigenvalue weighted by Gasteiger charge is 2.14. The van der Waals surface area contributed by atoms with Gasteiger partial charge in [-0.3, -0.25) is 8.93 Å². The topological polar surface area (TPSA) is 98.3 Å². The molecular formula is C19H17N2O4S2-. The summed E-state index contributed by atoms with van der Waals surface area (Å²) in [4.78, 5) is 0.340. The van der Waals surface area contributed by atoms with E-state index in [0.717, 1.165) is 16.8 Å². The van der Waals surface area contributed by atoms with Crippen LogP contribution in [0.25, 0.3) is 11.1 Å². The smallest absolute Gasteiger partial charge is 0.261 e. The first-order valence-electron chi connectivity index (χ1n) is 7.99. The molecule has 0 spiro atoms. The van der Waals surface area contributed by atoms with E-state index in [-0.39, 0.29) is 9.79 Å². The number of hydrogen-bond acceptors (Lipinski definition) is 5. The lowest BCUT2D eigenvalue weighted by Crippen LogP contribution is -2.12. The molecule has 140 valence electrons. The zero-order valence-corrected chi connectivity index (χ0v) is 16.0. The number of hydrogen-bond donors (Lipinski definition) is 2. The van der Waals surface area contributed by atoms with Crippen LogP contribution in [0.3, 0.4) is 0 Å². The maximum Gasteiger partial charge on any atom is 0.261 e. The van der Waals surface area contributed by atoms with Gasteiger partial charge in [-0.15, -0.1) is 0 Å². The zero-order chi connectivity index (χ0) is 19.4. The van der Waals surface area contributed by atoms with Crippen LogP contribution >= 0.6 is 0 Å². The van der Waals surface area contributed by atoms with Crippen LogP contribution in [-0.2, 0) is 21.1 Å². The second kappa shape index (κ2) is 7.91. The Bertz CT molecular complexity index is 1050. The van der Waals surface area contributed by atoms with Gasteiger partial charge in [-0.1, -0.05) is 24.3 Å². The molecule has 0 heterocycles. The number of nitrogens with one attached hydrogen (secondary N) is 2. The van der Waals surface area contributed by atoms with E-state index >= 15 is 0 Å². The first-order chi connectivity index (χ1) is 12.9. The van der Waals surface area contributed by atoms with Crippen molar-refractivity contribution in [1.29, 1.82) is 0 Å². The molecule has 27 heavy (non-hydrogen) atoms. The molecule has 2 N–H and O–H groups in total. The minimum absolute atomic E-state index is 0.140. The third-order valence-electron chi connectivity index (χ3n) is 3.97. The third-order valence-corrected chi connectivity index (χ3v) is 6.02. The Balaban J connectivity index is 1.79. The summed E-state index contributed by atoms with van der Waals surface area (Å²) in [5.41, 5.74) is 2.94. The summed E-state index contributed by atoms with van der Waals surface area (Å²) >= 11 is -2.27. The van der Waals surface area contributed by atoms with Crippen molar-refractivity contribution in [1.82, 2.24) is 0 Å². The molecule has 0 aromatic heterocycles. The standard InChI is InChI=1S/C19H18N2O4S2/c1-20-16-6-8-17(9-7-16)21-27(24,25)19-12-4-15(5-13-19)14-2-10-18(11-3-14)26(22)23/h2-13,20-21H,1H3,(H,22,23)/p-1. The summed E-state index contributed by atoms with van der Waals surface area (Å²) in [5.74, 6) is 0. The van der Waals surface area contributed by atoms with Gasteiger partial charge in [-0.2, -0.15) is 0 Å². The van der Waals surface area contributed by atoms with Gasteiger partial charge in [0.1, 0.15) is 0 Å². The van der Waals surface area contributed by atoms with Crippen LogP contribution in [0.4, 0.5) is 11.4 Å². The molecule has 0 amide bonds. The molecule has 0 saturated carbocycles. The van der Waals surface area contributed by atoms with E-state index in [1.54, 1.807) is 55.6 Å². The lowest BCUT2D eigenvalue weighted by Gasteiger charge is -2.10. The van der Waals surface area contributed by atoms with Gasteiger partial charge in [-0.25, -0.2) is 8.42 Å². The molecule has 8 heteroatoms. The van der Waals surface area contributed by atoms with Crippen LogP contribution in [0.5, 0.6) is 0 Å². The van der Waals surface area contributed by atoms with Crippen LogP contribution in [-0.4, -0.2) is 24.2 Å². The molecule has 3 aromatic carbocycles. The Morgan fingerprint density at radius 2 is 1.26 bits per heavy atom. The molecule has 1 unspecified atom stereocenters. The molecule has 3 rings (SSSR count). The van der Waals surface area contributed by atoms with Crippen molar-refractivity contribution in [2.75, 3.05) is 17.1 Å². The summed E-state index contributed by atoms with van der Waals surface area (Å²) < 4.78 is 49.4. The molecule has 0 fully saturated rings. The molecule has 3 aromatic rings. The average molecular weight is 401 g/mol. The molecule has 6 nitrogen and oxygen atoms in total. The van der Waals surface area contributed by atoms with Crippen molar-refractivity contribution in [2.45, 2.75) is 9.79 Å². The largest absolute Gasteiger partial charge is 0.768 e. The van der Waals surface area contributed by atoms with Gasteiger partial charge in [0.05, 0.1) is 4.90 Å². The summed E-state index contributed by atoms with van der Waals surface area (Å²) in [6, 6.07) is 19.7. The minimum atomic E-state index is -3.70. The van der Waals surface area contributed by atoms with Crippen molar-refractivity contribution >= 4 is 32.5 Å². The zero-order valence-electron chi connectivity index (χ0n) is 14.4. The van der Waals surface area contributed by atoms with Crippen molar-refractivity contribution in [3.05, 3.63) is 72.8 Å². The molecule has 0 aliphatic carbocycles. The Labute approximate surface area is 160 Å². The minimum Gasteiger partial charge on any atom is -0.768 e. The van der Waals surface area contributed by atoms with Gasteiger partial charge >= 0.3 is 0 Å². The summed E-state index contributed by atoms with van der Waals surface area (Å²) in [6.07, 6.45) is 0. The highest BCUT2D eigenvalue weighted by Crippen LogP contribution is 2.24. The number of benzene rings is 3. The van der Waals surface area contributed by atoms with Crippen molar-refractivity contribution in [3.63, 3.8) is 0 Å². The van der Waals surface area contributed by atoms with E-state index in [4.69, 9.17) is 0 Å². The fourth-order valence-electron chi connectivity index (χ4n) is 2.50. The molecular weight excluding hydrogens is 384 g/mol. The van der Waals surface area contributed by atoms with Gasteiger partial charge in [0.2, 0.25) is 0 Å². The molecule has 0 saturated heterocycles. The molecule has 0 radical (unpaired) electrons. The SMILES string of the molecule is CNc1ccc(NS(=O)(=O)c2ccc(-c3ccc(S(=O)[O-])cc3)cc2)cc1. The van der Waals surface area contributed by atoms with E-state index in [2.05, 4.69) is 10.0 Å². The van der Waals surface area contributed by atoms with E-state index in [1.807, 2.05) is 0 Å². The summed E-state index contributed by atoms with van der Waals surface area (Å²) in [5, 5.41) is 2.97. The second-order valence-electron chi connectivity index (χ2n) is 5.72. The van der Waals surface area contributed by atoms with Gasteiger partial charge in [0, 0.05) is 23.3 Å². The van der Waals surface area contributed by atoms with E-state index < -0.39 is 21.1 Å². The maximum absolute atomic E-state index is 12.5. The maximum atomic E-state index is 12.5. The molecule has 0 aliphatic rings. The van der Waals surface area contributed by atoms with Gasteiger partial charge in [-0.05, 0) is 70.7 Å². The second-order valence-corrected chi connectivity index (χ2v) is 8.34. The fourth-order valence-corrected chi connectivity index (χ4v) is 3.92. The predicted molar refractivity (Wildman–Crippen MR) is 106 cm³/mol.